The maximum absolute atomic E-state index is 12.6. The Bertz CT molecular complexity index is 453. The number of hydrogen-bond acceptors (Lipinski definition) is 2. The van der Waals surface area contributed by atoms with Crippen LogP contribution in [0.1, 0.15) is 32.3 Å². The second kappa shape index (κ2) is 6.92. The molecular weight excluding hydrogens is 340 g/mol. The Kier molecular flexibility index (Phi) is 6.05. The molecule has 3 nitrogen and oxygen atoms in total. The van der Waals surface area contributed by atoms with E-state index in [1.165, 1.54) is 0 Å². The smallest absolute Gasteiger partial charge is 0.246 e. The molecule has 0 spiro atoms. The summed E-state index contributed by atoms with van der Waals surface area (Å²) in [6.45, 7) is 5.68. The molecule has 1 unspecified atom stereocenters. The Balaban J connectivity index is 0.00000200. The van der Waals surface area contributed by atoms with Gasteiger partial charge in [-0.05, 0) is 43.4 Å². The Labute approximate surface area is 135 Å². The van der Waals surface area contributed by atoms with Gasteiger partial charge in [0.05, 0.1) is 0 Å². The summed E-state index contributed by atoms with van der Waals surface area (Å²) in [4.78, 5) is 14.5. The average Bonchev–Trinajstić information content (AvgIpc) is 2.39. The molecule has 2 N–H and O–H groups in total. The van der Waals surface area contributed by atoms with Crippen molar-refractivity contribution in [3.8, 4) is 0 Å². The molecule has 1 aromatic carbocycles. The van der Waals surface area contributed by atoms with Gasteiger partial charge in [-0.3, -0.25) is 4.79 Å². The van der Waals surface area contributed by atoms with Crippen molar-refractivity contribution >= 4 is 34.2 Å². The van der Waals surface area contributed by atoms with Crippen LogP contribution >= 0.6 is 28.3 Å². The van der Waals surface area contributed by atoms with Crippen molar-refractivity contribution in [3.63, 3.8) is 0 Å². The summed E-state index contributed by atoms with van der Waals surface area (Å²) in [6, 6.07) is 7.67. The number of carbonyl (C=O) groups is 1. The van der Waals surface area contributed by atoms with Crippen LogP contribution in [0.2, 0.25) is 0 Å². The van der Waals surface area contributed by atoms with E-state index in [9.17, 15) is 4.79 Å². The normalized spacial score (nSPS) is 19.1. The molecule has 2 rings (SSSR count). The number of likely N-dealkylation sites (tertiary alicyclic amines) is 1. The van der Waals surface area contributed by atoms with Crippen molar-refractivity contribution in [2.75, 3.05) is 13.1 Å². The van der Waals surface area contributed by atoms with Gasteiger partial charge in [-0.15, -0.1) is 12.4 Å². The molecule has 1 aliphatic heterocycles. The van der Waals surface area contributed by atoms with Gasteiger partial charge in [-0.2, -0.15) is 0 Å². The zero-order valence-corrected chi connectivity index (χ0v) is 14.3. The predicted octanol–water partition coefficient (Wildman–Crippen LogP) is 3.30. The minimum absolute atomic E-state index is 0. The van der Waals surface area contributed by atoms with Gasteiger partial charge >= 0.3 is 0 Å². The lowest BCUT2D eigenvalue weighted by molar-refractivity contribution is -0.138. The van der Waals surface area contributed by atoms with Crippen LogP contribution in [0.15, 0.2) is 28.7 Å². The summed E-state index contributed by atoms with van der Waals surface area (Å²) in [6.07, 6.45) is 2.14. The summed E-state index contributed by atoms with van der Waals surface area (Å²) in [5.74, 6) is 0.738. The minimum atomic E-state index is -0.943. The number of nitrogens with two attached hydrogens (primary N) is 1. The highest BCUT2D eigenvalue weighted by atomic mass is 79.9. The van der Waals surface area contributed by atoms with Crippen molar-refractivity contribution < 1.29 is 4.79 Å². The van der Waals surface area contributed by atoms with E-state index in [-0.39, 0.29) is 18.3 Å². The molecule has 20 heavy (non-hydrogen) atoms. The number of amides is 1. The van der Waals surface area contributed by atoms with Crippen LogP contribution in [0.3, 0.4) is 0 Å². The van der Waals surface area contributed by atoms with Crippen molar-refractivity contribution in [1.29, 1.82) is 0 Å². The van der Waals surface area contributed by atoms with Gasteiger partial charge in [0.1, 0.15) is 5.54 Å². The number of hydrogen-bond donors (Lipinski definition) is 1. The summed E-state index contributed by atoms with van der Waals surface area (Å²) in [5, 5.41) is 0. The number of rotatable bonds is 2. The molecule has 0 saturated carbocycles. The average molecular weight is 362 g/mol. The van der Waals surface area contributed by atoms with Crippen LogP contribution in [-0.4, -0.2) is 23.9 Å². The van der Waals surface area contributed by atoms with Gasteiger partial charge in [-0.1, -0.05) is 35.0 Å². The molecule has 1 aliphatic rings. The standard InChI is InChI=1S/C15H21BrN2O.ClH/c1-11-7-9-18(10-8-11)14(19)15(2,17)12-3-5-13(16)6-4-12;/h3-6,11H,7-10,17H2,1-2H3;1H. The zero-order valence-electron chi connectivity index (χ0n) is 11.9. The van der Waals surface area contributed by atoms with Crippen molar-refractivity contribution in [3.05, 3.63) is 34.3 Å². The molecule has 1 aromatic rings. The molecule has 1 amide bonds. The van der Waals surface area contributed by atoms with E-state index >= 15 is 0 Å². The maximum Gasteiger partial charge on any atom is 0.246 e. The van der Waals surface area contributed by atoms with E-state index in [1.807, 2.05) is 29.2 Å². The highest BCUT2D eigenvalue weighted by Crippen LogP contribution is 2.25. The van der Waals surface area contributed by atoms with Crippen molar-refractivity contribution in [1.82, 2.24) is 4.90 Å². The number of piperidine rings is 1. The van der Waals surface area contributed by atoms with Crippen molar-refractivity contribution in [2.45, 2.75) is 32.2 Å². The summed E-state index contributed by atoms with van der Waals surface area (Å²) in [5.41, 5.74) is 6.21. The SMILES string of the molecule is CC1CCN(C(=O)C(C)(N)c2ccc(Br)cc2)CC1.Cl. The van der Waals surface area contributed by atoms with E-state index in [1.54, 1.807) is 6.92 Å². The second-order valence-corrected chi connectivity index (χ2v) is 6.60. The molecule has 1 atom stereocenters. The number of halogens is 2. The highest BCUT2D eigenvalue weighted by molar-refractivity contribution is 9.10. The fourth-order valence-electron chi connectivity index (χ4n) is 2.46. The number of carbonyl (C=O) groups excluding carboxylic acids is 1. The number of benzene rings is 1. The minimum Gasteiger partial charge on any atom is -0.341 e. The quantitative estimate of drug-likeness (QED) is 0.878. The molecule has 0 aliphatic carbocycles. The number of nitrogens with zero attached hydrogens (tertiary/aromatic N) is 1. The van der Waals surface area contributed by atoms with Gasteiger partial charge in [0.25, 0.3) is 0 Å². The fourth-order valence-corrected chi connectivity index (χ4v) is 2.72. The first-order valence-corrected chi connectivity index (χ1v) is 7.55. The first kappa shape index (κ1) is 17.5. The summed E-state index contributed by atoms with van der Waals surface area (Å²) in [7, 11) is 0. The van der Waals surface area contributed by atoms with E-state index in [2.05, 4.69) is 22.9 Å². The van der Waals surface area contributed by atoms with Crippen LogP contribution in [0.25, 0.3) is 0 Å². The van der Waals surface area contributed by atoms with E-state index in [0.717, 1.165) is 36.0 Å². The molecule has 5 heteroatoms. The van der Waals surface area contributed by atoms with Crippen molar-refractivity contribution in [2.24, 2.45) is 11.7 Å². The topological polar surface area (TPSA) is 46.3 Å². The third-order valence-electron chi connectivity index (χ3n) is 3.96. The fraction of sp³-hybridized carbons (Fsp3) is 0.533. The Morgan fingerprint density at radius 1 is 1.30 bits per heavy atom. The van der Waals surface area contributed by atoms with Gasteiger partial charge in [0.2, 0.25) is 5.91 Å². The summed E-state index contributed by atoms with van der Waals surface area (Å²) >= 11 is 3.40. The molecule has 1 heterocycles. The lowest BCUT2D eigenvalue weighted by Crippen LogP contribution is -2.52. The second-order valence-electron chi connectivity index (χ2n) is 5.68. The van der Waals surface area contributed by atoms with Crippen LogP contribution in [0, 0.1) is 5.92 Å². The van der Waals surface area contributed by atoms with E-state index in [4.69, 9.17) is 5.73 Å². The maximum atomic E-state index is 12.6. The molecule has 0 radical (unpaired) electrons. The van der Waals surface area contributed by atoms with Crippen LogP contribution < -0.4 is 5.73 Å². The third-order valence-corrected chi connectivity index (χ3v) is 4.49. The monoisotopic (exact) mass is 360 g/mol. The Morgan fingerprint density at radius 2 is 1.80 bits per heavy atom. The molecule has 0 aromatic heterocycles. The molecule has 0 bridgehead atoms. The van der Waals surface area contributed by atoms with Crippen LogP contribution in [0.4, 0.5) is 0 Å². The third kappa shape index (κ3) is 3.74. The highest BCUT2D eigenvalue weighted by Gasteiger charge is 2.35. The van der Waals surface area contributed by atoms with E-state index in [0.29, 0.717) is 5.92 Å². The van der Waals surface area contributed by atoms with Gasteiger partial charge in [0.15, 0.2) is 0 Å². The van der Waals surface area contributed by atoms with Gasteiger partial charge < -0.3 is 10.6 Å². The largest absolute Gasteiger partial charge is 0.341 e. The Morgan fingerprint density at radius 3 is 2.30 bits per heavy atom. The molecular formula is C15H22BrClN2O. The van der Waals surface area contributed by atoms with E-state index < -0.39 is 5.54 Å². The lowest BCUT2D eigenvalue weighted by Gasteiger charge is -2.36. The molecule has 112 valence electrons. The Hall–Kier alpha value is -0.580. The van der Waals surface area contributed by atoms with Gasteiger partial charge in [0, 0.05) is 17.6 Å². The molecule has 1 fully saturated rings. The zero-order chi connectivity index (χ0) is 14.0. The lowest BCUT2D eigenvalue weighted by atomic mass is 9.90. The summed E-state index contributed by atoms with van der Waals surface area (Å²) < 4.78 is 0.992. The predicted molar refractivity (Wildman–Crippen MR) is 87.9 cm³/mol. The van der Waals surface area contributed by atoms with Gasteiger partial charge in [-0.25, -0.2) is 0 Å². The molecule has 1 saturated heterocycles. The first-order chi connectivity index (χ1) is 8.91. The van der Waals surface area contributed by atoms with Crippen LogP contribution in [-0.2, 0) is 10.3 Å². The van der Waals surface area contributed by atoms with Crippen LogP contribution in [0.5, 0.6) is 0 Å². The first-order valence-electron chi connectivity index (χ1n) is 6.75.